The van der Waals surface area contributed by atoms with Gasteiger partial charge in [-0.25, -0.2) is 4.79 Å². The zero-order chi connectivity index (χ0) is 11.3. The molecule has 1 saturated heterocycles. The zero-order valence-electron chi connectivity index (χ0n) is 8.67. The molecular formula is C9H15F2NO2S. The second-order valence-corrected chi connectivity index (χ2v) is 4.76. The second kappa shape index (κ2) is 5.65. The maximum Gasteiger partial charge on any atom is 0.377 e. The number of nitrogens with zero attached hydrogens (tertiary/aromatic N) is 1. The topological polar surface area (TPSA) is 29.5 Å². The third kappa shape index (κ3) is 4.79. The molecule has 0 aromatic rings. The Bertz CT molecular complexity index is 213. The van der Waals surface area contributed by atoms with E-state index in [1.165, 1.54) is 0 Å². The maximum atomic E-state index is 12.5. The third-order valence-corrected chi connectivity index (χ3v) is 3.10. The van der Waals surface area contributed by atoms with E-state index in [-0.39, 0.29) is 6.73 Å². The Balaban J connectivity index is 2.26. The summed E-state index contributed by atoms with van der Waals surface area (Å²) in [6, 6.07) is 0. The largest absolute Gasteiger partial charge is 0.445 e. The first-order valence-corrected chi connectivity index (χ1v) is 6.01. The van der Waals surface area contributed by atoms with Crippen molar-refractivity contribution in [2.45, 2.75) is 19.3 Å². The first-order chi connectivity index (χ1) is 7.00. The van der Waals surface area contributed by atoms with Gasteiger partial charge in [0.2, 0.25) is 0 Å². The molecule has 0 saturated carbocycles. The summed E-state index contributed by atoms with van der Waals surface area (Å²) in [5.74, 6) is -2.80. The van der Waals surface area contributed by atoms with Crippen molar-refractivity contribution >= 4 is 17.7 Å². The van der Waals surface area contributed by atoms with Crippen LogP contribution in [0.15, 0.2) is 0 Å². The zero-order valence-corrected chi connectivity index (χ0v) is 9.49. The molecule has 0 atom stereocenters. The smallest absolute Gasteiger partial charge is 0.377 e. The molecule has 1 aliphatic rings. The van der Waals surface area contributed by atoms with Crippen LogP contribution in [0.4, 0.5) is 8.78 Å². The Morgan fingerprint density at radius 3 is 2.87 bits per heavy atom. The molecule has 1 rings (SSSR count). The average molecular weight is 239 g/mol. The van der Waals surface area contributed by atoms with Gasteiger partial charge in [-0.05, 0) is 12.2 Å². The number of hydrogen-bond acceptors (Lipinski definition) is 4. The van der Waals surface area contributed by atoms with Gasteiger partial charge in [0.25, 0.3) is 0 Å². The third-order valence-electron chi connectivity index (χ3n) is 2.05. The molecular weight excluding hydrogens is 224 g/mol. The monoisotopic (exact) mass is 239 g/mol. The summed E-state index contributed by atoms with van der Waals surface area (Å²) in [6.07, 6.45) is 1.00. The quantitative estimate of drug-likeness (QED) is 0.699. The summed E-state index contributed by atoms with van der Waals surface area (Å²) >= 11 is 1.83. The van der Waals surface area contributed by atoms with Crippen LogP contribution in [0.5, 0.6) is 0 Å². The lowest BCUT2D eigenvalue weighted by atomic mass is 10.4. The second-order valence-electron chi connectivity index (χ2n) is 3.53. The molecule has 0 spiro atoms. The molecule has 1 fully saturated rings. The van der Waals surface area contributed by atoms with Crippen LogP contribution < -0.4 is 0 Å². The van der Waals surface area contributed by atoms with Gasteiger partial charge in [0.1, 0.15) is 6.73 Å². The van der Waals surface area contributed by atoms with Crippen molar-refractivity contribution in [3.05, 3.63) is 0 Å². The summed E-state index contributed by atoms with van der Waals surface area (Å²) in [4.78, 5) is 12.7. The van der Waals surface area contributed by atoms with E-state index in [1.54, 1.807) is 0 Å². The van der Waals surface area contributed by atoms with Gasteiger partial charge in [0, 0.05) is 25.8 Å². The molecule has 1 heterocycles. The number of halogens is 2. The number of hydrogen-bond donors (Lipinski definition) is 0. The predicted molar refractivity (Wildman–Crippen MR) is 55.1 cm³/mol. The lowest BCUT2D eigenvalue weighted by Gasteiger charge is -2.20. The minimum Gasteiger partial charge on any atom is -0.445 e. The van der Waals surface area contributed by atoms with Crippen LogP contribution in [0, 0.1) is 0 Å². The van der Waals surface area contributed by atoms with Crippen LogP contribution in [0.25, 0.3) is 0 Å². The number of thioether (sulfide) groups is 1. The van der Waals surface area contributed by atoms with Crippen LogP contribution in [0.2, 0.25) is 0 Å². The van der Waals surface area contributed by atoms with Crippen molar-refractivity contribution in [3.63, 3.8) is 0 Å². The molecule has 6 heteroatoms. The summed E-state index contributed by atoms with van der Waals surface area (Å²) in [5, 5.41) is 0. The summed E-state index contributed by atoms with van der Waals surface area (Å²) in [5.41, 5.74) is 0. The van der Waals surface area contributed by atoms with E-state index < -0.39 is 11.9 Å². The number of rotatable bonds is 3. The van der Waals surface area contributed by atoms with Gasteiger partial charge in [0.05, 0.1) is 0 Å². The van der Waals surface area contributed by atoms with Crippen molar-refractivity contribution in [1.29, 1.82) is 0 Å². The molecule has 0 N–H and O–H groups in total. The first-order valence-electron chi connectivity index (χ1n) is 4.85. The van der Waals surface area contributed by atoms with E-state index in [9.17, 15) is 13.6 Å². The number of carbonyl (C=O) groups is 1. The minimum absolute atomic E-state index is 0.0250. The minimum atomic E-state index is -3.39. The lowest BCUT2D eigenvalue weighted by Crippen LogP contribution is -2.34. The number of carbonyl (C=O) groups excluding carboxylic acids is 1. The average Bonchev–Trinajstić information content (AvgIpc) is 2.40. The Hall–Kier alpha value is -0.360. The SMILES string of the molecule is CC(F)(F)C(=O)OCN1CCCSCC1. The maximum absolute atomic E-state index is 12.5. The molecule has 0 unspecified atom stereocenters. The molecule has 0 aromatic heterocycles. The van der Waals surface area contributed by atoms with E-state index in [4.69, 9.17) is 0 Å². The van der Waals surface area contributed by atoms with E-state index in [2.05, 4.69) is 4.74 Å². The van der Waals surface area contributed by atoms with Crippen LogP contribution >= 0.6 is 11.8 Å². The van der Waals surface area contributed by atoms with Gasteiger partial charge in [-0.3, -0.25) is 4.90 Å². The molecule has 3 nitrogen and oxygen atoms in total. The van der Waals surface area contributed by atoms with Gasteiger partial charge in [-0.15, -0.1) is 0 Å². The number of alkyl halides is 2. The van der Waals surface area contributed by atoms with Crippen molar-refractivity contribution in [2.24, 2.45) is 0 Å². The van der Waals surface area contributed by atoms with Gasteiger partial charge in [0.15, 0.2) is 0 Å². The van der Waals surface area contributed by atoms with Gasteiger partial charge in [-0.1, -0.05) is 0 Å². The number of esters is 1. The molecule has 0 aliphatic carbocycles. The lowest BCUT2D eigenvalue weighted by molar-refractivity contribution is -0.174. The normalized spacial score (nSPS) is 19.7. The van der Waals surface area contributed by atoms with Crippen LogP contribution in [-0.2, 0) is 9.53 Å². The fourth-order valence-corrected chi connectivity index (χ4v) is 2.13. The number of ether oxygens (including phenoxy) is 1. The van der Waals surface area contributed by atoms with Gasteiger partial charge >= 0.3 is 11.9 Å². The Labute approximate surface area is 92.1 Å². The summed E-state index contributed by atoms with van der Waals surface area (Å²) < 4.78 is 29.4. The molecule has 15 heavy (non-hydrogen) atoms. The molecule has 0 radical (unpaired) electrons. The highest BCUT2D eigenvalue weighted by atomic mass is 32.2. The Morgan fingerprint density at radius 1 is 1.47 bits per heavy atom. The van der Waals surface area contributed by atoms with Gasteiger partial charge in [-0.2, -0.15) is 20.5 Å². The fraction of sp³-hybridized carbons (Fsp3) is 0.889. The Morgan fingerprint density at radius 2 is 2.20 bits per heavy atom. The highest BCUT2D eigenvalue weighted by Crippen LogP contribution is 2.14. The van der Waals surface area contributed by atoms with Crippen molar-refractivity contribution in [2.75, 3.05) is 31.3 Å². The summed E-state index contributed by atoms with van der Waals surface area (Å²) in [6.45, 7) is 2.11. The van der Waals surface area contributed by atoms with E-state index >= 15 is 0 Å². The highest BCUT2D eigenvalue weighted by Gasteiger charge is 2.34. The van der Waals surface area contributed by atoms with Gasteiger partial charge < -0.3 is 4.74 Å². The van der Waals surface area contributed by atoms with E-state index in [0.717, 1.165) is 31.0 Å². The molecule has 88 valence electrons. The molecule has 0 bridgehead atoms. The standard InChI is InChI=1S/C9H15F2NO2S/c1-9(10,11)8(13)14-7-12-3-2-5-15-6-4-12/h2-7H2,1H3. The predicted octanol–water partition coefficient (Wildman–Crippen LogP) is 1.58. The molecule has 1 aliphatic heterocycles. The van der Waals surface area contributed by atoms with Crippen molar-refractivity contribution in [3.8, 4) is 0 Å². The molecule has 0 aromatic carbocycles. The van der Waals surface area contributed by atoms with E-state index in [1.807, 2.05) is 16.7 Å². The van der Waals surface area contributed by atoms with Crippen molar-refractivity contribution < 1.29 is 18.3 Å². The fourth-order valence-electron chi connectivity index (χ4n) is 1.20. The first kappa shape index (κ1) is 12.7. The highest BCUT2D eigenvalue weighted by molar-refractivity contribution is 7.99. The molecule has 0 amide bonds. The van der Waals surface area contributed by atoms with Crippen LogP contribution in [0.1, 0.15) is 13.3 Å². The van der Waals surface area contributed by atoms with Crippen LogP contribution in [0.3, 0.4) is 0 Å². The van der Waals surface area contributed by atoms with Crippen LogP contribution in [-0.4, -0.2) is 48.1 Å². The Kier molecular flexibility index (Phi) is 4.79. The van der Waals surface area contributed by atoms with E-state index in [0.29, 0.717) is 6.92 Å². The van der Waals surface area contributed by atoms with Crippen molar-refractivity contribution in [1.82, 2.24) is 4.90 Å². The summed E-state index contributed by atoms with van der Waals surface area (Å²) in [7, 11) is 0.